The molecule has 2 unspecified atom stereocenters. The van der Waals surface area contributed by atoms with E-state index >= 15 is 0 Å². The number of epoxide rings is 2. The average molecular weight is 311 g/mol. The van der Waals surface area contributed by atoms with Gasteiger partial charge in [0.25, 0.3) is 0 Å². The Hall–Kier alpha value is -2.04. The maximum atomic E-state index is 6.20. The van der Waals surface area contributed by atoms with E-state index in [1.54, 1.807) is 0 Å². The Morgan fingerprint density at radius 2 is 1.48 bits per heavy atom. The second-order valence-corrected chi connectivity index (χ2v) is 6.15. The van der Waals surface area contributed by atoms with Crippen molar-refractivity contribution in [3.63, 3.8) is 0 Å². The molecule has 0 aliphatic carbocycles. The lowest BCUT2D eigenvalue weighted by Gasteiger charge is -2.25. The fourth-order valence-electron chi connectivity index (χ4n) is 2.70. The van der Waals surface area contributed by atoms with Crippen LogP contribution >= 0.6 is 0 Å². The first kappa shape index (κ1) is 14.5. The minimum absolute atomic E-state index is 0.334. The molecule has 4 nitrogen and oxygen atoms in total. The number of hydrogen-bond acceptors (Lipinski definition) is 4. The van der Waals surface area contributed by atoms with Gasteiger partial charge in [-0.1, -0.05) is 30.3 Å². The minimum Gasteiger partial charge on any atom is -0.455 e. The first-order valence-electron chi connectivity index (χ1n) is 8.10. The Balaban J connectivity index is 1.60. The summed E-state index contributed by atoms with van der Waals surface area (Å²) in [7, 11) is 0. The number of nitrogens with zero attached hydrogens (tertiary/aromatic N) is 1. The third-order valence-corrected chi connectivity index (χ3v) is 4.17. The number of rotatable bonds is 7. The number of para-hydroxylation sites is 3. The van der Waals surface area contributed by atoms with Crippen LogP contribution in [0.3, 0.4) is 0 Å². The molecule has 0 saturated carbocycles. The molecule has 4 heteroatoms. The Morgan fingerprint density at radius 1 is 0.913 bits per heavy atom. The second-order valence-electron chi connectivity index (χ2n) is 6.15. The van der Waals surface area contributed by atoms with E-state index in [1.807, 2.05) is 30.3 Å². The quantitative estimate of drug-likeness (QED) is 0.735. The number of ether oxygens (including phenoxy) is 3. The minimum atomic E-state index is 0.334. The Bertz CT molecular complexity index is 666. The molecule has 0 spiro atoms. The molecular formula is C19H21NO3. The number of aryl methyl sites for hydroxylation is 1. The van der Waals surface area contributed by atoms with Gasteiger partial charge in [-0.2, -0.15) is 0 Å². The molecule has 2 atom stereocenters. The molecule has 2 aliphatic heterocycles. The van der Waals surface area contributed by atoms with Crippen molar-refractivity contribution in [3.05, 3.63) is 54.1 Å². The summed E-state index contributed by atoms with van der Waals surface area (Å²) in [5.41, 5.74) is 2.23. The molecule has 2 heterocycles. The summed E-state index contributed by atoms with van der Waals surface area (Å²) < 4.78 is 17.0. The zero-order chi connectivity index (χ0) is 15.6. The first-order valence-corrected chi connectivity index (χ1v) is 8.10. The van der Waals surface area contributed by atoms with Crippen LogP contribution in [-0.2, 0) is 9.47 Å². The van der Waals surface area contributed by atoms with E-state index in [2.05, 4.69) is 30.0 Å². The van der Waals surface area contributed by atoms with E-state index in [9.17, 15) is 0 Å². The van der Waals surface area contributed by atoms with Crippen molar-refractivity contribution in [2.24, 2.45) is 0 Å². The highest BCUT2D eigenvalue weighted by molar-refractivity contribution is 5.60. The maximum Gasteiger partial charge on any atom is 0.150 e. The number of anilines is 1. The Labute approximate surface area is 136 Å². The third kappa shape index (κ3) is 3.66. The zero-order valence-corrected chi connectivity index (χ0v) is 13.3. The van der Waals surface area contributed by atoms with Crippen LogP contribution in [0.25, 0.3) is 0 Å². The van der Waals surface area contributed by atoms with Crippen molar-refractivity contribution in [2.75, 3.05) is 31.2 Å². The highest BCUT2D eigenvalue weighted by Crippen LogP contribution is 2.35. The molecule has 120 valence electrons. The third-order valence-electron chi connectivity index (χ3n) is 4.17. The lowest BCUT2D eigenvalue weighted by atomic mass is 10.2. The van der Waals surface area contributed by atoms with Crippen LogP contribution in [0.4, 0.5) is 5.69 Å². The fraction of sp³-hybridized carbons (Fsp3) is 0.368. The molecule has 4 rings (SSSR count). The molecule has 2 saturated heterocycles. The van der Waals surface area contributed by atoms with Gasteiger partial charge in [0, 0.05) is 13.1 Å². The number of hydrogen-bond donors (Lipinski definition) is 0. The van der Waals surface area contributed by atoms with E-state index in [1.165, 1.54) is 0 Å². The predicted octanol–water partition coefficient (Wildman–Crippen LogP) is 3.39. The summed E-state index contributed by atoms with van der Waals surface area (Å²) in [4.78, 5) is 2.32. The number of benzene rings is 2. The second kappa shape index (κ2) is 6.22. The van der Waals surface area contributed by atoms with Gasteiger partial charge in [0.15, 0.2) is 5.75 Å². The highest BCUT2D eigenvalue weighted by Gasteiger charge is 2.32. The van der Waals surface area contributed by atoms with Crippen LogP contribution in [0.2, 0.25) is 0 Å². The predicted molar refractivity (Wildman–Crippen MR) is 89.4 cm³/mol. The fourth-order valence-corrected chi connectivity index (χ4v) is 2.70. The summed E-state index contributed by atoms with van der Waals surface area (Å²) >= 11 is 0. The van der Waals surface area contributed by atoms with Crippen molar-refractivity contribution < 1.29 is 14.2 Å². The van der Waals surface area contributed by atoms with Crippen LogP contribution in [0.5, 0.6) is 11.5 Å². The molecule has 0 N–H and O–H groups in total. The van der Waals surface area contributed by atoms with Gasteiger partial charge in [-0.05, 0) is 30.7 Å². The Morgan fingerprint density at radius 3 is 2.09 bits per heavy atom. The van der Waals surface area contributed by atoms with E-state index in [4.69, 9.17) is 14.2 Å². The summed E-state index contributed by atoms with van der Waals surface area (Å²) in [6.45, 7) is 5.53. The zero-order valence-electron chi connectivity index (χ0n) is 13.3. The maximum absolute atomic E-state index is 6.20. The SMILES string of the molecule is Cc1ccccc1Oc1ccccc1N(CC1CO1)CC1CO1. The topological polar surface area (TPSA) is 37.5 Å². The van der Waals surface area contributed by atoms with Crippen LogP contribution in [-0.4, -0.2) is 38.5 Å². The molecule has 2 fully saturated rings. The van der Waals surface area contributed by atoms with Crippen LogP contribution in [0, 0.1) is 6.92 Å². The monoisotopic (exact) mass is 311 g/mol. The van der Waals surface area contributed by atoms with Crippen molar-refractivity contribution in [3.8, 4) is 11.5 Å². The van der Waals surface area contributed by atoms with Gasteiger partial charge in [0.2, 0.25) is 0 Å². The van der Waals surface area contributed by atoms with Crippen molar-refractivity contribution in [1.29, 1.82) is 0 Å². The van der Waals surface area contributed by atoms with Gasteiger partial charge in [-0.25, -0.2) is 0 Å². The van der Waals surface area contributed by atoms with E-state index < -0.39 is 0 Å². The first-order chi connectivity index (χ1) is 11.3. The molecular weight excluding hydrogens is 290 g/mol. The molecule has 0 bridgehead atoms. The van der Waals surface area contributed by atoms with Gasteiger partial charge in [-0.15, -0.1) is 0 Å². The van der Waals surface area contributed by atoms with Crippen molar-refractivity contribution >= 4 is 5.69 Å². The lowest BCUT2D eigenvalue weighted by molar-refractivity contribution is 0.387. The van der Waals surface area contributed by atoms with Crippen LogP contribution < -0.4 is 9.64 Å². The van der Waals surface area contributed by atoms with E-state index in [0.717, 1.165) is 49.1 Å². The normalized spacial score (nSPS) is 21.8. The molecule has 0 amide bonds. The van der Waals surface area contributed by atoms with Crippen molar-refractivity contribution in [1.82, 2.24) is 0 Å². The van der Waals surface area contributed by atoms with E-state index in [-0.39, 0.29) is 0 Å². The van der Waals surface area contributed by atoms with Crippen LogP contribution in [0.1, 0.15) is 5.56 Å². The van der Waals surface area contributed by atoms with E-state index in [0.29, 0.717) is 12.2 Å². The average Bonchev–Trinajstić information content (AvgIpc) is 3.46. The smallest absolute Gasteiger partial charge is 0.150 e. The van der Waals surface area contributed by atoms with Crippen molar-refractivity contribution in [2.45, 2.75) is 19.1 Å². The van der Waals surface area contributed by atoms with Gasteiger partial charge in [0.1, 0.15) is 5.75 Å². The van der Waals surface area contributed by atoms with Gasteiger partial charge in [-0.3, -0.25) is 0 Å². The molecule has 2 aromatic carbocycles. The van der Waals surface area contributed by atoms with Gasteiger partial charge in [0.05, 0.1) is 31.1 Å². The lowest BCUT2D eigenvalue weighted by Crippen LogP contribution is -2.31. The summed E-state index contributed by atoms with van der Waals surface area (Å²) in [5, 5.41) is 0. The summed E-state index contributed by atoms with van der Waals surface area (Å²) in [5.74, 6) is 1.77. The molecule has 2 aliphatic rings. The standard InChI is InChI=1S/C19H21NO3/c1-14-6-2-4-8-18(14)23-19-9-5-3-7-17(19)20(10-15-12-21-15)11-16-13-22-16/h2-9,15-16H,10-13H2,1H3. The highest BCUT2D eigenvalue weighted by atomic mass is 16.6. The molecule has 0 aromatic heterocycles. The molecule has 23 heavy (non-hydrogen) atoms. The Kier molecular flexibility index (Phi) is 3.93. The summed E-state index contributed by atoms with van der Waals surface area (Å²) in [6.07, 6.45) is 0.667. The molecule has 0 radical (unpaired) electrons. The van der Waals surface area contributed by atoms with Crippen LogP contribution in [0.15, 0.2) is 48.5 Å². The summed E-state index contributed by atoms with van der Waals surface area (Å²) in [6, 6.07) is 16.3. The van der Waals surface area contributed by atoms with Gasteiger partial charge < -0.3 is 19.1 Å². The molecule has 2 aromatic rings. The van der Waals surface area contributed by atoms with Gasteiger partial charge >= 0.3 is 0 Å². The largest absolute Gasteiger partial charge is 0.455 e.